The quantitative estimate of drug-likeness (QED) is 0.372. The van der Waals surface area contributed by atoms with Crippen LogP contribution in [-0.2, 0) is 11.3 Å². The van der Waals surface area contributed by atoms with Gasteiger partial charge >= 0.3 is 0 Å². The standard InChI is InChI=1S/C14H21ClN4O.HI/c1-3-16-13(20)10-19-14(17-4-2)18-9-11-7-5-6-8-12(11)15;/h5-8H,3-4,9-10H2,1-2H3,(H,16,20)(H2,17,18,19);1H. The second kappa shape index (κ2) is 11.6. The fourth-order valence-corrected chi connectivity index (χ4v) is 1.75. The van der Waals surface area contributed by atoms with E-state index < -0.39 is 0 Å². The maximum atomic E-state index is 11.4. The number of benzene rings is 1. The maximum Gasteiger partial charge on any atom is 0.239 e. The molecule has 1 aromatic rings. The van der Waals surface area contributed by atoms with E-state index in [-0.39, 0.29) is 36.4 Å². The average molecular weight is 425 g/mol. The van der Waals surface area contributed by atoms with Crippen LogP contribution < -0.4 is 16.0 Å². The molecule has 0 unspecified atom stereocenters. The second-order valence-corrected chi connectivity index (χ2v) is 4.50. The zero-order valence-electron chi connectivity index (χ0n) is 12.3. The summed E-state index contributed by atoms with van der Waals surface area (Å²) < 4.78 is 0. The highest BCUT2D eigenvalue weighted by molar-refractivity contribution is 14.0. The first-order valence-electron chi connectivity index (χ1n) is 6.69. The van der Waals surface area contributed by atoms with Crippen LogP contribution in [-0.4, -0.2) is 31.5 Å². The van der Waals surface area contributed by atoms with Crippen LogP contribution in [0.25, 0.3) is 0 Å². The number of guanidine groups is 1. The van der Waals surface area contributed by atoms with Gasteiger partial charge < -0.3 is 16.0 Å². The predicted octanol–water partition coefficient (Wildman–Crippen LogP) is 2.15. The lowest BCUT2D eigenvalue weighted by molar-refractivity contribution is -0.119. The molecule has 118 valence electrons. The third kappa shape index (κ3) is 8.11. The van der Waals surface area contributed by atoms with Crippen molar-refractivity contribution >= 4 is 47.4 Å². The number of hydrogen-bond donors (Lipinski definition) is 3. The van der Waals surface area contributed by atoms with Crippen molar-refractivity contribution in [3.63, 3.8) is 0 Å². The van der Waals surface area contributed by atoms with Crippen LogP contribution in [0.2, 0.25) is 5.02 Å². The number of aliphatic imine (C=N–C) groups is 1. The fraction of sp³-hybridized carbons (Fsp3) is 0.429. The number of rotatable bonds is 6. The molecule has 7 heteroatoms. The summed E-state index contributed by atoms with van der Waals surface area (Å²) >= 11 is 6.08. The first kappa shape index (κ1) is 20.0. The number of hydrogen-bond acceptors (Lipinski definition) is 2. The molecule has 0 saturated heterocycles. The molecule has 0 atom stereocenters. The Morgan fingerprint density at radius 3 is 2.43 bits per heavy atom. The minimum Gasteiger partial charge on any atom is -0.357 e. The van der Waals surface area contributed by atoms with E-state index in [0.717, 1.165) is 12.1 Å². The van der Waals surface area contributed by atoms with Crippen LogP contribution in [0.1, 0.15) is 19.4 Å². The van der Waals surface area contributed by atoms with Gasteiger partial charge in [-0.15, -0.1) is 24.0 Å². The lowest BCUT2D eigenvalue weighted by Crippen LogP contribution is -2.43. The fourth-order valence-electron chi connectivity index (χ4n) is 1.56. The Hall–Kier alpha value is -1.02. The summed E-state index contributed by atoms with van der Waals surface area (Å²) in [6.45, 7) is 5.86. The van der Waals surface area contributed by atoms with Crippen molar-refractivity contribution in [1.29, 1.82) is 0 Å². The summed E-state index contributed by atoms with van der Waals surface area (Å²) in [5.74, 6) is 0.537. The molecule has 1 aromatic carbocycles. The van der Waals surface area contributed by atoms with Crippen molar-refractivity contribution in [3.8, 4) is 0 Å². The first-order valence-corrected chi connectivity index (χ1v) is 7.07. The summed E-state index contributed by atoms with van der Waals surface area (Å²) in [5.41, 5.74) is 0.948. The van der Waals surface area contributed by atoms with Crippen molar-refractivity contribution in [1.82, 2.24) is 16.0 Å². The molecular formula is C14H22ClIN4O. The molecule has 0 aromatic heterocycles. The van der Waals surface area contributed by atoms with Crippen LogP contribution >= 0.6 is 35.6 Å². The lowest BCUT2D eigenvalue weighted by Gasteiger charge is -2.11. The summed E-state index contributed by atoms with van der Waals surface area (Å²) in [5, 5.41) is 9.48. The van der Waals surface area contributed by atoms with E-state index in [1.165, 1.54) is 0 Å². The van der Waals surface area contributed by atoms with Gasteiger partial charge in [0.05, 0.1) is 13.1 Å². The van der Waals surface area contributed by atoms with Crippen LogP contribution in [0.3, 0.4) is 0 Å². The monoisotopic (exact) mass is 424 g/mol. The molecule has 0 aliphatic rings. The number of amides is 1. The number of nitrogens with zero attached hydrogens (tertiary/aromatic N) is 1. The van der Waals surface area contributed by atoms with Gasteiger partial charge in [-0.3, -0.25) is 4.79 Å². The highest BCUT2D eigenvalue weighted by Gasteiger charge is 2.03. The Bertz CT molecular complexity index is 468. The van der Waals surface area contributed by atoms with E-state index in [9.17, 15) is 4.79 Å². The molecule has 1 rings (SSSR count). The normalized spacial score (nSPS) is 10.5. The van der Waals surface area contributed by atoms with Gasteiger partial charge in [-0.2, -0.15) is 0 Å². The Balaban J connectivity index is 0.00000400. The lowest BCUT2D eigenvalue weighted by atomic mass is 10.2. The zero-order chi connectivity index (χ0) is 14.8. The van der Waals surface area contributed by atoms with Crippen molar-refractivity contribution in [3.05, 3.63) is 34.9 Å². The van der Waals surface area contributed by atoms with Crippen LogP contribution in [0.15, 0.2) is 29.3 Å². The molecule has 3 N–H and O–H groups in total. The van der Waals surface area contributed by atoms with Gasteiger partial charge in [0.15, 0.2) is 5.96 Å². The van der Waals surface area contributed by atoms with E-state index >= 15 is 0 Å². The molecule has 0 radical (unpaired) electrons. The maximum absolute atomic E-state index is 11.4. The number of carbonyl (C=O) groups is 1. The van der Waals surface area contributed by atoms with Crippen molar-refractivity contribution in [2.24, 2.45) is 4.99 Å². The Labute approximate surface area is 148 Å². The number of likely N-dealkylation sites (N-methyl/N-ethyl adjacent to an activating group) is 1. The Morgan fingerprint density at radius 2 is 1.81 bits per heavy atom. The molecule has 21 heavy (non-hydrogen) atoms. The van der Waals surface area contributed by atoms with Gasteiger partial charge in [0.25, 0.3) is 0 Å². The van der Waals surface area contributed by atoms with Gasteiger partial charge in [-0.25, -0.2) is 4.99 Å². The van der Waals surface area contributed by atoms with Crippen molar-refractivity contribution < 1.29 is 4.79 Å². The van der Waals surface area contributed by atoms with E-state index in [1.807, 2.05) is 38.1 Å². The van der Waals surface area contributed by atoms with E-state index in [4.69, 9.17) is 11.6 Å². The van der Waals surface area contributed by atoms with E-state index in [2.05, 4.69) is 20.9 Å². The topological polar surface area (TPSA) is 65.5 Å². The molecule has 0 fully saturated rings. The predicted molar refractivity (Wildman–Crippen MR) is 98.4 cm³/mol. The second-order valence-electron chi connectivity index (χ2n) is 4.09. The molecule has 0 saturated carbocycles. The molecule has 0 heterocycles. The van der Waals surface area contributed by atoms with E-state index in [1.54, 1.807) is 0 Å². The molecular weight excluding hydrogens is 403 g/mol. The molecule has 5 nitrogen and oxygen atoms in total. The van der Waals surface area contributed by atoms with Gasteiger partial charge in [-0.05, 0) is 25.5 Å². The summed E-state index contributed by atoms with van der Waals surface area (Å²) in [6, 6.07) is 7.57. The number of nitrogens with one attached hydrogen (secondary N) is 3. The SMILES string of the molecule is CCNC(=O)CNC(=NCc1ccccc1Cl)NCC.I. The number of carbonyl (C=O) groups excluding carboxylic acids is 1. The third-order valence-electron chi connectivity index (χ3n) is 2.50. The highest BCUT2D eigenvalue weighted by atomic mass is 127. The largest absolute Gasteiger partial charge is 0.357 e. The van der Waals surface area contributed by atoms with Gasteiger partial charge in [-0.1, -0.05) is 29.8 Å². The Morgan fingerprint density at radius 1 is 1.14 bits per heavy atom. The van der Waals surface area contributed by atoms with Gasteiger partial charge in [0.1, 0.15) is 0 Å². The van der Waals surface area contributed by atoms with Gasteiger partial charge in [0.2, 0.25) is 5.91 Å². The summed E-state index contributed by atoms with van der Waals surface area (Å²) in [7, 11) is 0. The van der Waals surface area contributed by atoms with Crippen molar-refractivity contribution in [2.45, 2.75) is 20.4 Å². The number of halogens is 2. The average Bonchev–Trinajstić information content (AvgIpc) is 2.44. The molecule has 0 bridgehead atoms. The smallest absolute Gasteiger partial charge is 0.239 e. The Kier molecular flexibility index (Phi) is 11.1. The minimum atomic E-state index is -0.0594. The zero-order valence-corrected chi connectivity index (χ0v) is 15.4. The van der Waals surface area contributed by atoms with Crippen molar-refractivity contribution in [2.75, 3.05) is 19.6 Å². The molecule has 0 aliphatic carbocycles. The van der Waals surface area contributed by atoms with Crippen LogP contribution in [0, 0.1) is 0 Å². The van der Waals surface area contributed by atoms with Gasteiger partial charge in [0, 0.05) is 18.1 Å². The molecule has 1 amide bonds. The van der Waals surface area contributed by atoms with E-state index in [0.29, 0.717) is 24.1 Å². The summed E-state index contributed by atoms with van der Waals surface area (Å²) in [6.07, 6.45) is 0. The van der Waals surface area contributed by atoms with Crippen LogP contribution in [0.4, 0.5) is 0 Å². The minimum absolute atomic E-state index is 0. The first-order chi connectivity index (χ1) is 9.67. The third-order valence-corrected chi connectivity index (χ3v) is 2.87. The molecule has 0 aliphatic heterocycles. The van der Waals surface area contributed by atoms with Crippen LogP contribution in [0.5, 0.6) is 0 Å². The highest BCUT2D eigenvalue weighted by Crippen LogP contribution is 2.15. The summed E-state index contributed by atoms with van der Waals surface area (Å²) in [4.78, 5) is 15.8. The molecule has 0 spiro atoms.